The number of nitrogens with zero attached hydrogens (tertiary/aromatic N) is 2. The van der Waals surface area contributed by atoms with Gasteiger partial charge in [-0.2, -0.15) is 5.26 Å². The maximum absolute atomic E-state index is 13.0. The SMILES string of the molecule is N#Cc1ccc(C2CC(C3CC(=O)C3(Cl)Cl)CCN2C(=O)OCc2ccccc2)cc1. The van der Waals surface area contributed by atoms with Crippen molar-refractivity contribution in [1.29, 1.82) is 5.26 Å². The van der Waals surface area contributed by atoms with Crippen LogP contribution in [0.15, 0.2) is 54.6 Å². The summed E-state index contributed by atoms with van der Waals surface area (Å²) >= 11 is 12.6. The molecule has 0 N–H and O–H groups in total. The summed E-state index contributed by atoms with van der Waals surface area (Å²) < 4.78 is 4.25. The highest BCUT2D eigenvalue weighted by atomic mass is 35.5. The van der Waals surface area contributed by atoms with Crippen LogP contribution >= 0.6 is 23.2 Å². The van der Waals surface area contributed by atoms with Crippen molar-refractivity contribution in [3.63, 3.8) is 0 Å². The third-order valence-electron chi connectivity index (χ3n) is 6.32. The summed E-state index contributed by atoms with van der Waals surface area (Å²) in [6, 6.07) is 18.6. The van der Waals surface area contributed by atoms with E-state index in [2.05, 4.69) is 6.07 Å². The van der Waals surface area contributed by atoms with Gasteiger partial charge in [0.15, 0.2) is 10.1 Å². The number of rotatable bonds is 4. The van der Waals surface area contributed by atoms with E-state index >= 15 is 0 Å². The van der Waals surface area contributed by atoms with Crippen LogP contribution in [-0.4, -0.2) is 27.7 Å². The molecular weight excluding hydrogens is 435 g/mol. The summed E-state index contributed by atoms with van der Waals surface area (Å²) in [4.78, 5) is 26.5. The molecule has 1 amide bonds. The van der Waals surface area contributed by atoms with Crippen LogP contribution in [0.3, 0.4) is 0 Å². The van der Waals surface area contributed by atoms with Crippen LogP contribution in [0.2, 0.25) is 0 Å². The number of carbonyl (C=O) groups is 2. The van der Waals surface area contributed by atoms with Crippen molar-refractivity contribution in [2.24, 2.45) is 11.8 Å². The molecule has 1 saturated carbocycles. The number of halogens is 2. The summed E-state index contributed by atoms with van der Waals surface area (Å²) in [5, 5.41) is 9.10. The summed E-state index contributed by atoms with van der Waals surface area (Å²) in [5.74, 6) is -0.140. The normalized spacial score (nSPS) is 24.7. The molecule has 160 valence electrons. The van der Waals surface area contributed by atoms with Gasteiger partial charge in [0.05, 0.1) is 17.7 Å². The molecule has 1 saturated heterocycles. The Morgan fingerprint density at radius 3 is 2.48 bits per heavy atom. The lowest BCUT2D eigenvalue weighted by molar-refractivity contribution is -0.130. The number of Topliss-reactive ketones (excluding diaryl/α,β-unsaturated/α-hetero) is 1. The molecule has 5 nitrogen and oxygen atoms in total. The van der Waals surface area contributed by atoms with E-state index in [0.717, 1.165) is 11.1 Å². The van der Waals surface area contributed by atoms with Gasteiger partial charge >= 0.3 is 6.09 Å². The molecule has 0 spiro atoms. The smallest absolute Gasteiger partial charge is 0.410 e. The molecule has 2 aromatic carbocycles. The van der Waals surface area contributed by atoms with Crippen molar-refractivity contribution in [3.05, 3.63) is 71.3 Å². The monoisotopic (exact) mass is 456 g/mol. The summed E-state index contributed by atoms with van der Waals surface area (Å²) in [7, 11) is 0. The first-order chi connectivity index (χ1) is 14.9. The molecule has 1 aliphatic carbocycles. The van der Waals surface area contributed by atoms with Gasteiger partial charge in [-0.05, 0) is 42.0 Å². The van der Waals surface area contributed by atoms with Crippen molar-refractivity contribution >= 4 is 35.1 Å². The Bertz CT molecular complexity index is 1000. The number of nitriles is 1. The lowest BCUT2D eigenvalue weighted by Gasteiger charge is -2.48. The topological polar surface area (TPSA) is 70.4 Å². The number of alkyl halides is 2. The molecule has 3 unspecified atom stereocenters. The maximum atomic E-state index is 13.0. The highest BCUT2D eigenvalue weighted by Gasteiger charge is 2.56. The summed E-state index contributed by atoms with van der Waals surface area (Å²) in [6.07, 6.45) is 1.32. The second kappa shape index (κ2) is 8.90. The van der Waals surface area contributed by atoms with Crippen LogP contribution in [0, 0.1) is 23.2 Å². The zero-order valence-electron chi connectivity index (χ0n) is 16.8. The van der Waals surface area contributed by atoms with E-state index in [0.29, 0.717) is 31.4 Å². The van der Waals surface area contributed by atoms with Gasteiger partial charge in [-0.25, -0.2) is 4.79 Å². The Morgan fingerprint density at radius 2 is 1.87 bits per heavy atom. The second-order valence-corrected chi connectivity index (χ2v) is 9.51. The third-order valence-corrected chi connectivity index (χ3v) is 7.30. The number of ketones is 1. The van der Waals surface area contributed by atoms with Gasteiger partial charge in [-0.1, -0.05) is 65.7 Å². The average molecular weight is 457 g/mol. The molecule has 0 radical (unpaired) electrons. The van der Waals surface area contributed by atoms with Gasteiger partial charge in [-0.3, -0.25) is 4.79 Å². The van der Waals surface area contributed by atoms with Crippen LogP contribution in [0.4, 0.5) is 4.79 Å². The number of hydrogen-bond donors (Lipinski definition) is 0. The minimum atomic E-state index is -1.34. The van der Waals surface area contributed by atoms with E-state index < -0.39 is 4.33 Å². The zero-order chi connectivity index (χ0) is 22.0. The Morgan fingerprint density at radius 1 is 1.16 bits per heavy atom. The zero-order valence-corrected chi connectivity index (χ0v) is 18.4. The van der Waals surface area contributed by atoms with Crippen LogP contribution in [-0.2, 0) is 16.1 Å². The van der Waals surface area contributed by atoms with E-state index in [1.165, 1.54) is 0 Å². The highest BCUT2D eigenvalue weighted by molar-refractivity contribution is 6.60. The quantitative estimate of drug-likeness (QED) is 0.576. The van der Waals surface area contributed by atoms with Crippen molar-refractivity contribution < 1.29 is 14.3 Å². The molecule has 1 aliphatic heterocycles. The lowest BCUT2D eigenvalue weighted by atomic mass is 9.68. The van der Waals surface area contributed by atoms with E-state index in [9.17, 15) is 9.59 Å². The molecule has 7 heteroatoms. The predicted molar refractivity (Wildman–Crippen MR) is 118 cm³/mol. The van der Waals surface area contributed by atoms with E-state index in [4.69, 9.17) is 33.2 Å². The van der Waals surface area contributed by atoms with Gasteiger partial charge < -0.3 is 9.64 Å². The third kappa shape index (κ3) is 4.42. The number of amides is 1. The largest absolute Gasteiger partial charge is 0.445 e. The van der Waals surface area contributed by atoms with Crippen molar-refractivity contribution in [2.75, 3.05) is 6.54 Å². The molecule has 1 heterocycles. The molecule has 0 aromatic heterocycles. The van der Waals surface area contributed by atoms with E-state index in [1.807, 2.05) is 42.5 Å². The fraction of sp³-hybridized carbons (Fsp3) is 0.375. The molecular formula is C24H22Cl2N2O3. The fourth-order valence-electron chi connectivity index (χ4n) is 4.48. The number of carbonyl (C=O) groups excluding carboxylic acids is 2. The Balaban J connectivity index is 1.52. The molecule has 31 heavy (non-hydrogen) atoms. The Labute approximate surface area is 191 Å². The Kier molecular flexibility index (Phi) is 6.22. The average Bonchev–Trinajstić information content (AvgIpc) is 2.81. The molecule has 2 aliphatic rings. The van der Waals surface area contributed by atoms with Gasteiger partial charge in [0, 0.05) is 18.9 Å². The first-order valence-corrected chi connectivity index (χ1v) is 11.0. The summed E-state index contributed by atoms with van der Waals surface area (Å²) in [5.41, 5.74) is 2.39. The van der Waals surface area contributed by atoms with Gasteiger partial charge in [0.1, 0.15) is 6.61 Å². The minimum Gasteiger partial charge on any atom is -0.445 e. The van der Waals surface area contributed by atoms with Gasteiger partial charge in [-0.15, -0.1) is 0 Å². The molecule has 2 aromatic rings. The summed E-state index contributed by atoms with van der Waals surface area (Å²) in [6.45, 7) is 0.681. The van der Waals surface area contributed by atoms with Crippen LogP contribution in [0.5, 0.6) is 0 Å². The van der Waals surface area contributed by atoms with Crippen molar-refractivity contribution in [1.82, 2.24) is 4.90 Å². The van der Waals surface area contributed by atoms with Crippen LogP contribution < -0.4 is 0 Å². The van der Waals surface area contributed by atoms with Crippen LogP contribution in [0.1, 0.15) is 42.0 Å². The van der Waals surface area contributed by atoms with Crippen molar-refractivity contribution in [2.45, 2.75) is 36.2 Å². The number of piperidine rings is 1. The molecule has 4 rings (SSSR count). The standard InChI is InChI=1S/C24H22Cl2N2O3/c25-24(26)20(13-22(24)29)19-10-11-28(23(30)31-15-17-4-2-1-3-5-17)21(12-19)18-8-6-16(14-27)7-9-18/h1-9,19-21H,10-13,15H2. The molecule has 3 atom stereocenters. The fourth-order valence-corrected chi connectivity index (χ4v) is 5.14. The molecule has 2 fully saturated rings. The lowest BCUT2D eigenvalue weighted by Crippen LogP contribution is -2.54. The van der Waals surface area contributed by atoms with E-state index in [1.54, 1.807) is 17.0 Å². The first kappa shape index (κ1) is 21.7. The van der Waals surface area contributed by atoms with Gasteiger partial charge in [0.2, 0.25) is 0 Å². The number of benzene rings is 2. The maximum Gasteiger partial charge on any atom is 0.410 e. The number of hydrogen-bond acceptors (Lipinski definition) is 4. The predicted octanol–water partition coefficient (Wildman–Crippen LogP) is 5.41. The highest BCUT2D eigenvalue weighted by Crippen LogP contribution is 2.53. The second-order valence-electron chi connectivity index (χ2n) is 8.12. The Hall–Kier alpha value is -2.55. The number of ether oxygens (including phenoxy) is 1. The van der Waals surface area contributed by atoms with Crippen molar-refractivity contribution in [3.8, 4) is 6.07 Å². The minimum absolute atomic E-state index is 0.117. The first-order valence-electron chi connectivity index (χ1n) is 10.3. The van der Waals surface area contributed by atoms with E-state index in [-0.39, 0.29) is 36.4 Å². The molecule has 0 bridgehead atoms. The van der Waals surface area contributed by atoms with Crippen LogP contribution in [0.25, 0.3) is 0 Å². The van der Waals surface area contributed by atoms with Gasteiger partial charge in [0.25, 0.3) is 0 Å². The number of likely N-dealkylation sites (tertiary alicyclic amines) is 1.